The summed E-state index contributed by atoms with van der Waals surface area (Å²) in [5.74, 6) is 0. The van der Waals surface area contributed by atoms with Gasteiger partial charge >= 0.3 is 0 Å². The molecule has 1 aromatic heterocycles. The van der Waals surface area contributed by atoms with Gasteiger partial charge in [-0.05, 0) is 31.4 Å². The van der Waals surface area contributed by atoms with Crippen molar-refractivity contribution in [2.75, 3.05) is 6.54 Å². The average Bonchev–Trinajstić information content (AvgIpc) is 2.78. The Morgan fingerprint density at radius 2 is 2.35 bits per heavy atom. The smallest absolute Gasteiger partial charge is 0.243 e. The molecule has 0 N–H and O–H groups in total. The van der Waals surface area contributed by atoms with Gasteiger partial charge in [0.15, 0.2) is 0 Å². The van der Waals surface area contributed by atoms with Gasteiger partial charge in [-0.25, -0.2) is 13.4 Å². The maximum atomic E-state index is 12.4. The van der Waals surface area contributed by atoms with Crippen molar-refractivity contribution in [3.05, 3.63) is 23.5 Å². The van der Waals surface area contributed by atoms with Crippen molar-refractivity contribution in [3.8, 4) is 0 Å². The molecule has 1 atom stereocenters. The second-order valence-electron chi connectivity index (χ2n) is 4.11. The Bertz CT molecular complexity index is 504. The molecule has 6 heteroatoms. The lowest BCUT2D eigenvalue weighted by atomic mass is 10.2. The number of rotatable bonds is 3. The Morgan fingerprint density at radius 1 is 1.59 bits per heavy atom. The molecule has 1 saturated heterocycles. The largest absolute Gasteiger partial charge is 0.246 e. The maximum Gasteiger partial charge on any atom is 0.246 e. The average molecular weight is 275 g/mol. The van der Waals surface area contributed by atoms with E-state index in [0.29, 0.717) is 6.54 Å². The molecule has 94 valence electrons. The van der Waals surface area contributed by atoms with E-state index in [-0.39, 0.29) is 16.1 Å². The van der Waals surface area contributed by atoms with Crippen LogP contribution in [-0.4, -0.2) is 30.3 Å². The fraction of sp³-hybridized carbons (Fsp3) is 0.545. The highest BCUT2D eigenvalue weighted by atomic mass is 35.5. The van der Waals surface area contributed by atoms with E-state index in [4.69, 9.17) is 11.6 Å². The van der Waals surface area contributed by atoms with Crippen LogP contribution >= 0.6 is 11.6 Å². The van der Waals surface area contributed by atoms with Gasteiger partial charge in [0.2, 0.25) is 10.0 Å². The van der Waals surface area contributed by atoms with Crippen molar-refractivity contribution >= 4 is 21.6 Å². The zero-order valence-corrected chi connectivity index (χ0v) is 11.2. The standard InChI is InChI=1S/C11H15ClN2O2S/c1-2-9-5-4-8-14(9)17(15,16)10-6-3-7-13-11(10)12/h3,6-7,9H,2,4-5,8H2,1H3. The number of sulfonamides is 1. The second kappa shape index (κ2) is 4.92. The molecule has 1 aliphatic rings. The van der Waals surface area contributed by atoms with Crippen LogP contribution in [-0.2, 0) is 10.0 Å². The fourth-order valence-corrected chi connectivity index (χ4v) is 4.42. The number of pyridine rings is 1. The molecule has 0 aromatic carbocycles. The van der Waals surface area contributed by atoms with Gasteiger partial charge < -0.3 is 0 Å². The number of hydrogen-bond acceptors (Lipinski definition) is 3. The van der Waals surface area contributed by atoms with E-state index in [1.807, 2.05) is 6.92 Å². The summed E-state index contributed by atoms with van der Waals surface area (Å²) >= 11 is 5.86. The molecule has 0 bridgehead atoms. The Morgan fingerprint density at radius 3 is 3.00 bits per heavy atom. The minimum Gasteiger partial charge on any atom is -0.243 e. The molecule has 1 aliphatic heterocycles. The molecule has 2 rings (SSSR count). The van der Waals surface area contributed by atoms with E-state index in [0.717, 1.165) is 19.3 Å². The van der Waals surface area contributed by atoms with Crippen molar-refractivity contribution in [2.45, 2.75) is 37.1 Å². The van der Waals surface area contributed by atoms with Crippen molar-refractivity contribution in [1.29, 1.82) is 0 Å². The van der Waals surface area contributed by atoms with Crippen LogP contribution in [0.15, 0.2) is 23.2 Å². The normalized spacial score (nSPS) is 21.9. The quantitative estimate of drug-likeness (QED) is 0.795. The van der Waals surface area contributed by atoms with Gasteiger partial charge in [-0.2, -0.15) is 4.31 Å². The number of aromatic nitrogens is 1. The third-order valence-electron chi connectivity index (χ3n) is 3.11. The predicted molar refractivity (Wildman–Crippen MR) is 66.5 cm³/mol. The summed E-state index contributed by atoms with van der Waals surface area (Å²) in [5.41, 5.74) is 0. The number of halogens is 1. The number of nitrogens with zero attached hydrogens (tertiary/aromatic N) is 2. The zero-order chi connectivity index (χ0) is 12.5. The Kier molecular flexibility index (Phi) is 3.70. The topological polar surface area (TPSA) is 50.3 Å². The van der Waals surface area contributed by atoms with E-state index in [1.54, 1.807) is 10.4 Å². The van der Waals surface area contributed by atoms with E-state index in [1.165, 1.54) is 12.3 Å². The van der Waals surface area contributed by atoms with Crippen LogP contribution in [0.3, 0.4) is 0 Å². The first-order valence-electron chi connectivity index (χ1n) is 5.69. The molecule has 1 unspecified atom stereocenters. The highest BCUT2D eigenvalue weighted by Gasteiger charge is 2.35. The summed E-state index contributed by atoms with van der Waals surface area (Å²) in [5, 5.41) is 0.0502. The zero-order valence-electron chi connectivity index (χ0n) is 9.63. The summed E-state index contributed by atoms with van der Waals surface area (Å²) in [6.07, 6.45) is 4.16. The molecule has 0 aliphatic carbocycles. The van der Waals surface area contributed by atoms with Crippen molar-refractivity contribution in [3.63, 3.8) is 0 Å². The van der Waals surface area contributed by atoms with Crippen molar-refractivity contribution in [1.82, 2.24) is 9.29 Å². The van der Waals surface area contributed by atoms with E-state index in [2.05, 4.69) is 4.98 Å². The summed E-state index contributed by atoms with van der Waals surface area (Å²) in [4.78, 5) is 3.94. The van der Waals surface area contributed by atoms with Crippen LogP contribution in [0.2, 0.25) is 5.15 Å². The molecule has 4 nitrogen and oxygen atoms in total. The van der Waals surface area contributed by atoms with Crippen LogP contribution in [0.1, 0.15) is 26.2 Å². The van der Waals surface area contributed by atoms with Crippen LogP contribution in [0, 0.1) is 0 Å². The van der Waals surface area contributed by atoms with Gasteiger partial charge in [0, 0.05) is 18.8 Å². The highest BCUT2D eigenvalue weighted by molar-refractivity contribution is 7.89. The van der Waals surface area contributed by atoms with Gasteiger partial charge in [-0.15, -0.1) is 0 Å². The molecule has 0 saturated carbocycles. The minimum absolute atomic E-state index is 0.0502. The highest BCUT2D eigenvalue weighted by Crippen LogP contribution is 2.29. The maximum absolute atomic E-state index is 12.4. The molecule has 0 spiro atoms. The molecular formula is C11H15ClN2O2S. The summed E-state index contributed by atoms with van der Waals surface area (Å²) in [7, 11) is -3.49. The molecule has 17 heavy (non-hydrogen) atoms. The molecule has 1 fully saturated rings. The monoisotopic (exact) mass is 274 g/mol. The predicted octanol–water partition coefficient (Wildman–Crippen LogP) is 2.30. The minimum atomic E-state index is -3.49. The lowest BCUT2D eigenvalue weighted by Gasteiger charge is -2.23. The summed E-state index contributed by atoms with van der Waals surface area (Å²) in [6.45, 7) is 2.58. The van der Waals surface area contributed by atoms with Crippen LogP contribution in [0.4, 0.5) is 0 Å². The Balaban J connectivity index is 2.40. The van der Waals surface area contributed by atoms with Gasteiger partial charge in [0.05, 0.1) is 0 Å². The molecule has 1 aromatic rings. The third-order valence-corrected chi connectivity index (χ3v) is 5.50. The number of hydrogen-bond donors (Lipinski definition) is 0. The summed E-state index contributed by atoms with van der Waals surface area (Å²) in [6, 6.07) is 3.20. The SMILES string of the molecule is CCC1CCCN1S(=O)(=O)c1cccnc1Cl. The first-order chi connectivity index (χ1) is 8.07. The first kappa shape index (κ1) is 12.8. The van der Waals surface area contributed by atoms with E-state index < -0.39 is 10.0 Å². The van der Waals surface area contributed by atoms with Crippen LogP contribution in [0.25, 0.3) is 0 Å². The molecule has 0 amide bonds. The van der Waals surface area contributed by atoms with Crippen molar-refractivity contribution < 1.29 is 8.42 Å². The molecule has 0 radical (unpaired) electrons. The van der Waals surface area contributed by atoms with E-state index >= 15 is 0 Å². The van der Waals surface area contributed by atoms with Gasteiger partial charge in [-0.1, -0.05) is 18.5 Å². The van der Waals surface area contributed by atoms with Gasteiger partial charge in [-0.3, -0.25) is 0 Å². The molecule has 2 heterocycles. The van der Waals surface area contributed by atoms with E-state index in [9.17, 15) is 8.42 Å². The lowest BCUT2D eigenvalue weighted by Crippen LogP contribution is -2.35. The van der Waals surface area contributed by atoms with Crippen LogP contribution in [0.5, 0.6) is 0 Å². The third kappa shape index (κ3) is 2.32. The summed E-state index contributed by atoms with van der Waals surface area (Å²) < 4.78 is 26.4. The Hall–Kier alpha value is -0.650. The van der Waals surface area contributed by atoms with Gasteiger partial charge in [0.25, 0.3) is 0 Å². The molecular weight excluding hydrogens is 260 g/mol. The lowest BCUT2D eigenvalue weighted by molar-refractivity contribution is 0.379. The second-order valence-corrected chi connectivity index (χ2v) is 6.33. The first-order valence-corrected chi connectivity index (χ1v) is 7.51. The van der Waals surface area contributed by atoms with Gasteiger partial charge in [0.1, 0.15) is 10.0 Å². The fourth-order valence-electron chi connectivity index (χ4n) is 2.22. The van der Waals surface area contributed by atoms with Crippen LogP contribution < -0.4 is 0 Å². The Labute approximate surface area is 107 Å². The van der Waals surface area contributed by atoms with Crippen molar-refractivity contribution in [2.24, 2.45) is 0 Å².